The van der Waals surface area contributed by atoms with Gasteiger partial charge >= 0.3 is 5.97 Å². The molecule has 1 atom stereocenters. The Kier molecular flexibility index (Phi) is 6.24. The first kappa shape index (κ1) is 21.1. The van der Waals surface area contributed by atoms with Crippen LogP contribution in [-0.2, 0) is 16.1 Å². The van der Waals surface area contributed by atoms with Gasteiger partial charge in [0.1, 0.15) is 11.5 Å². The molecule has 0 bridgehead atoms. The molecule has 8 heteroatoms. The number of esters is 1. The number of amides is 1. The number of hydrogen-bond acceptors (Lipinski definition) is 4. The molecule has 0 saturated carbocycles. The zero-order chi connectivity index (χ0) is 21.3. The molecular weight excluding hydrogens is 471 g/mol. The van der Waals surface area contributed by atoms with Gasteiger partial charge in [-0.05, 0) is 53.9 Å². The van der Waals surface area contributed by atoms with Gasteiger partial charge in [0.15, 0.2) is 0 Å². The highest BCUT2D eigenvalue weighted by atomic mass is 79.9. The van der Waals surface area contributed by atoms with Crippen molar-refractivity contribution in [1.29, 1.82) is 0 Å². The average Bonchev–Trinajstić information content (AvgIpc) is 3.26. The van der Waals surface area contributed by atoms with Crippen LogP contribution in [0.15, 0.2) is 40.2 Å². The molecule has 1 saturated heterocycles. The smallest absolute Gasteiger partial charge is 0.310 e. The summed E-state index contributed by atoms with van der Waals surface area (Å²) in [5.74, 6) is -0.984. The summed E-state index contributed by atoms with van der Waals surface area (Å²) in [7, 11) is 0. The Bertz CT molecular complexity index is 1090. The van der Waals surface area contributed by atoms with Crippen molar-refractivity contribution in [1.82, 2.24) is 9.47 Å². The second-order valence-corrected chi connectivity index (χ2v) is 9.81. The summed E-state index contributed by atoms with van der Waals surface area (Å²) >= 11 is 5.03. The van der Waals surface area contributed by atoms with Crippen molar-refractivity contribution in [2.45, 2.75) is 26.3 Å². The Morgan fingerprint density at radius 2 is 2.10 bits per heavy atom. The molecule has 3 aromatic rings. The van der Waals surface area contributed by atoms with Crippen molar-refractivity contribution in [2.75, 3.05) is 19.7 Å². The molecule has 0 radical (unpaired) electrons. The normalized spacial score (nSPS) is 16.8. The quantitative estimate of drug-likeness (QED) is 0.467. The minimum Gasteiger partial charge on any atom is -0.466 e. The number of carbonyl (C=O) groups is 2. The van der Waals surface area contributed by atoms with Crippen molar-refractivity contribution < 1.29 is 18.7 Å². The van der Waals surface area contributed by atoms with E-state index in [0.29, 0.717) is 31.0 Å². The van der Waals surface area contributed by atoms with Gasteiger partial charge in [0.2, 0.25) is 0 Å². The number of aromatic nitrogens is 1. The van der Waals surface area contributed by atoms with Crippen LogP contribution in [0.5, 0.6) is 0 Å². The van der Waals surface area contributed by atoms with Crippen LogP contribution >= 0.6 is 27.3 Å². The van der Waals surface area contributed by atoms with Gasteiger partial charge in [0.05, 0.1) is 33.1 Å². The third kappa shape index (κ3) is 4.16. The van der Waals surface area contributed by atoms with Gasteiger partial charge in [-0.3, -0.25) is 9.59 Å². The van der Waals surface area contributed by atoms with E-state index in [2.05, 4.69) is 15.9 Å². The zero-order valence-corrected chi connectivity index (χ0v) is 19.0. The molecule has 0 spiro atoms. The van der Waals surface area contributed by atoms with E-state index in [1.807, 2.05) is 16.7 Å². The Labute approximate surface area is 186 Å². The first-order valence-electron chi connectivity index (χ1n) is 9.95. The van der Waals surface area contributed by atoms with Gasteiger partial charge in [-0.25, -0.2) is 4.39 Å². The van der Waals surface area contributed by atoms with Gasteiger partial charge in [-0.15, -0.1) is 11.3 Å². The summed E-state index contributed by atoms with van der Waals surface area (Å²) in [5, 5.41) is 0. The van der Waals surface area contributed by atoms with Crippen molar-refractivity contribution >= 4 is 49.4 Å². The monoisotopic (exact) mass is 492 g/mol. The summed E-state index contributed by atoms with van der Waals surface area (Å²) < 4.78 is 23.3. The van der Waals surface area contributed by atoms with Crippen molar-refractivity contribution in [3.8, 4) is 0 Å². The third-order valence-electron chi connectivity index (χ3n) is 5.39. The molecule has 1 fully saturated rings. The third-order valence-corrected chi connectivity index (χ3v) is 6.97. The van der Waals surface area contributed by atoms with Crippen molar-refractivity contribution in [3.63, 3.8) is 0 Å². The van der Waals surface area contributed by atoms with E-state index in [-0.39, 0.29) is 30.2 Å². The number of fused-ring (bicyclic) bond motifs is 1. The first-order chi connectivity index (χ1) is 14.5. The number of piperidine rings is 1. The van der Waals surface area contributed by atoms with E-state index in [9.17, 15) is 14.0 Å². The number of ether oxygens (including phenoxy) is 1. The minimum atomic E-state index is -0.299. The largest absolute Gasteiger partial charge is 0.466 e. The highest BCUT2D eigenvalue weighted by molar-refractivity contribution is 9.11. The number of rotatable bonds is 5. The highest BCUT2D eigenvalue weighted by Gasteiger charge is 2.31. The predicted molar refractivity (Wildman–Crippen MR) is 118 cm³/mol. The fourth-order valence-electron chi connectivity index (χ4n) is 3.93. The second-order valence-electron chi connectivity index (χ2n) is 7.35. The Hall–Kier alpha value is -2.19. The molecule has 0 N–H and O–H groups in total. The summed E-state index contributed by atoms with van der Waals surface area (Å²) in [5.41, 5.74) is 1.92. The van der Waals surface area contributed by atoms with Crippen LogP contribution in [-0.4, -0.2) is 41.0 Å². The molecule has 1 aliphatic rings. The molecule has 158 valence electrons. The fraction of sp³-hybridized carbons (Fsp3) is 0.364. The molecule has 3 heterocycles. The maximum Gasteiger partial charge on any atom is 0.310 e. The standard InChI is InChI=1S/C22H22BrFN2O3S/c1-2-29-22(28)15-7-5-9-25(12-15)21(27)18-10-19-17(11-20(23)30-19)26(18)13-14-6-3-4-8-16(14)24/h3-4,6,8,10-11,15H,2,5,7,9,12-13H2,1H3. The van der Waals surface area contributed by atoms with Gasteiger partial charge in [-0.1, -0.05) is 18.2 Å². The van der Waals surface area contributed by atoms with E-state index < -0.39 is 0 Å². The van der Waals surface area contributed by atoms with E-state index in [0.717, 1.165) is 26.8 Å². The van der Waals surface area contributed by atoms with E-state index in [1.54, 1.807) is 30.0 Å². The van der Waals surface area contributed by atoms with E-state index >= 15 is 0 Å². The molecule has 1 aliphatic heterocycles. The van der Waals surface area contributed by atoms with E-state index in [1.165, 1.54) is 17.4 Å². The Morgan fingerprint density at radius 1 is 1.30 bits per heavy atom. The molecule has 5 nitrogen and oxygen atoms in total. The number of carbonyl (C=O) groups excluding carboxylic acids is 2. The molecule has 0 aliphatic carbocycles. The lowest BCUT2D eigenvalue weighted by Gasteiger charge is -2.31. The number of halogens is 2. The highest BCUT2D eigenvalue weighted by Crippen LogP contribution is 2.34. The molecule has 1 unspecified atom stereocenters. The summed E-state index contributed by atoms with van der Waals surface area (Å²) in [6, 6.07) is 10.4. The lowest BCUT2D eigenvalue weighted by molar-refractivity contribution is -0.149. The topological polar surface area (TPSA) is 51.5 Å². The van der Waals surface area contributed by atoms with Gasteiger partial charge in [0, 0.05) is 18.7 Å². The molecular formula is C22H22BrFN2O3S. The van der Waals surface area contributed by atoms with Gasteiger partial charge in [0.25, 0.3) is 5.91 Å². The van der Waals surface area contributed by atoms with Gasteiger partial charge < -0.3 is 14.2 Å². The minimum absolute atomic E-state index is 0.139. The lowest BCUT2D eigenvalue weighted by Crippen LogP contribution is -2.43. The lowest BCUT2D eigenvalue weighted by atomic mass is 9.98. The average molecular weight is 493 g/mol. The summed E-state index contributed by atoms with van der Waals surface area (Å²) in [6.07, 6.45) is 1.48. The number of nitrogens with zero attached hydrogens (tertiary/aromatic N) is 2. The molecule has 2 aromatic heterocycles. The van der Waals surface area contributed by atoms with Crippen molar-refractivity contribution in [3.05, 3.63) is 57.3 Å². The van der Waals surface area contributed by atoms with Crippen LogP contribution < -0.4 is 0 Å². The number of hydrogen-bond donors (Lipinski definition) is 0. The summed E-state index contributed by atoms with van der Waals surface area (Å²) in [6.45, 7) is 3.32. The number of benzene rings is 1. The number of thiophene rings is 1. The van der Waals surface area contributed by atoms with Crippen LogP contribution in [0.2, 0.25) is 0 Å². The van der Waals surface area contributed by atoms with Crippen molar-refractivity contribution in [2.24, 2.45) is 5.92 Å². The number of likely N-dealkylation sites (tertiary alicyclic amines) is 1. The van der Waals surface area contributed by atoms with E-state index in [4.69, 9.17) is 4.74 Å². The first-order valence-corrected chi connectivity index (χ1v) is 11.6. The maximum atomic E-state index is 14.3. The van der Waals surface area contributed by atoms with Gasteiger partial charge in [-0.2, -0.15) is 0 Å². The molecule has 4 rings (SSSR count). The zero-order valence-electron chi connectivity index (χ0n) is 16.6. The fourth-order valence-corrected chi connectivity index (χ4v) is 5.50. The molecule has 1 amide bonds. The predicted octanol–water partition coefficient (Wildman–Crippen LogP) is 5.07. The SMILES string of the molecule is CCOC(=O)C1CCCN(C(=O)c2cc3sc(Br)cc3n2Cc2ccccc2F)C1. The van der Waals surface area contributed by atoms with Crippen LogP contribution in [0.4, 0.5) is 4.39 Å². The van der Waals surface area contributed by atoms with Crippen LogP contribution in [0.25, 0.3) is 10.2 Å². The Morgan fingerprint density at radius 3 is 2.87 bits per heavy atom. The molecule has 30 heavy (non-hydrogen) atoms. The summed E-state index contributed by atoms with van der Waals surface area (Å²) in [4.78, 5) is 27.3. The van der Waals surface area contributed by atoms with Crippen LogP contribution in [0, 0.1) is 11.7 Å². The van der Waals surface area contributed by atoms with Crippen LogP contribution in [0.1, 0.15) is 35.8 Å². The van der Waals surface area contributed by atoms with Crippen LogP contribution in [0.3, 0.4) is 0 Å². The second kappa shape index (κ2) is 8.89. The molecule has 1 aromatic carbocycles. The maximum absolute atomic E-state index is 14.3. The Balaban J connectivity index is 1.66.